The first-order chi connectivity index (χ1) is 13.3. The van der Waals surface area contributed by atoms with Gasteiger partial charge in [0, 0.05) is 20.1 Å². The van der Waals surface area contributed by atoms with E-state index in [9.17, 15) is 8.42 Å². The SMILES string of the molecule is CN=C(NCCC(C)c1ccc(OC)cc1)NCc1cccc(S(N)(=O)=O)c1. The maximum Gasteiger partial charge on any atom is 0.238 e. The minimum absolute atomic E-state index is 0.100. The molecule has 2 rings (SSSR count). The van der Waals surface area contributed by atoms with E-state index >= 15 is 0 Å². The van der Waals surface area contributed by atoms with Crippen molar-refractivity contribution >= 4 is 16.0 Å². The van der Waals surface area contributed by atoms with Gasteiger partial charge in [-0.05, 0) is 47.7 Å². The van der Waals surface area contributed by atoms with Gasteiger partial charge in [-0.25, -0.2) is 13.6 Å². The van der Waals surface area contributed by atoms with Gasteiger partial charge in [0.1, 0.15) is 5.75 Å². The van der Waals surface area contributed by atoms with E-state index in [0.29, 0.717) is 18.4 Å². The van der Waals surface area contributed by atoms with Gasteiger partial charge in [0.25, 0.3) is 0 Å². The van der Waals surface area contributed by atoms with Crippen LogP contribution in [0.5, 0.6) is 5.75 Å². The molecule has 152 valence electrons. The second kappa shape index (κ2) is 10.1. The molecule has 1 unspecified atom stereocenters. The number of primary sulfonamides is 1. The summed E-state index contributed by atoms with van der Waals surface area (Å²) >= 11 is 0. The largest absolute Gasteiger partial charge is 0.497 e. The van der Waals surface area contributed by atoms with Crippen molar-refractivity contribution in [2.24, 2.45) is 10.1 Å². The van der Waals surface area contributed by atoms with Crippen molar-refractivity contribution in [3.05, 3.63) is 59.7 Å². The minimum atomic E-state index is -3.71. The first kappa shape index (κ1) is 21.7. The number of rotatable bonds is 8. The summed E-state index contributed by atoms with van der Waals surface area (Å²) in [5, 5.41) is 11.6. The Bertz CT molecular complexity index is 896. The Kier molecular flexibility index (Phi) is 7.83. The fourth-order valence-electron chi connectivity index (χ4n) is 2.75. The first-order valence-corrected chi connectivity index (χ1v) is 10.6. The van der Waals surface area contributed by atoms with Crippen molar-refractivity contribution < 1.29 is 13.2 Å². The number of benzene rings is 2. The zero-order valence-corrected chi connectivity index (χ0v) is 17.3. The van der Waals surface area contributed by atoms with Gasteiger partial charge in [-0.2, -0.15) is 0 Å². The zero-order chi connectivity index (χ0) is 20.6. The number of methoxy groups -OCH3 is 1. The van der Waals surface area contributed by atoms with Crippen LogP contribution in [-0.4, -0.2) is 35.1 Å². The van der Waals surface area contributed by atoms with E-state index in [0.717, 1.165) is 24.3 Å². The molecule has 28 heavy (non-hydrogen) atoms. The summed E-state index contributed by atoms with van der Waals surface area (Å²) in [6, 6.07) is 14.6. The van der Waals surface area contributed by atoms with Gasteiger partial charge < -0.3 is 15.4 Å². The van der Waals surface area contributed by atoms with Gasteiger partial charge in [0.05, 0.1) is 12.0 Å². The second-order valence-corrected chi connectivity index (χ2v) is 8.07. The average molecular weight is 405 g/mol. The molecule has 2 aromatic carbocycles. The molecular weight excluding hydrogens is 376 g/mol. The molecule has 0 spiro atoms. The van der Waals surface area contributed by atoms with Gasteiger partial charge in [-0.15, -0.1) is 0 Å². The van der Waals surface area contributed by atoms with Gasteiger partial charge in [0.15, 0.2) is 5.96 Å². The highest BCUT2D eigenvalue weighted by Crippen LogP contribution is 2.21. The number of sulfonamides is 1. The molecule has 1 atom stereocenters. The molecule has 0 saturated heterocycles. The molecule has 0 radical (unpaired) electrons. The normalized spacial score (nSPS) is 13.1. The molecule has 7 nitrogen and oxygen atoms in total. The van der Waals surface area contributed by atoms with E-state index in [-0.39, 0.29) is 4.90 Å². The van der Waals surface area contributed by atoms with E-state index in [1.54, 1.807) is 26.3 Å². The first-order valence-electron chi connectivity index (χ1n) is 9.03. The summed E-state index contributed by atoms with van der Waals surface area (Å²) < 4.78 is 28.1. The fraction of sp³-hybridized carbons (Fsp3) is 0.350. The van der Waals surface area contributed by atoms with Crippen molar-refractivity contribution in [1.82, 2.24) is 10.6 Å². The predicted octanol–water partition coefficient (Wildman–Crippen LogP) is 2.20. The molecule has 0 aliphatic carbocycles. The monoisotopic (exact) mass is 404 g/mol. The van der Waals surface area contributed by atoms with Crippen LogP contribution >= 0.6 is 0 Å². The lowest BCUT2D eigenvalue weighted by Gasteiger charge is -2.15. The van der Waals surface area contributed by atoms with E-state index in [1.807, 2.05) is 18.2 Å². The van der Waals surface area contributed by atoms with Crippen LogP contribution in [0.3, 0.4) is 0 Å². The smallest absolute Gasteiger partial charge is 0.238 e. The number of hydrogen-bond donors (Lipinski definition) is 3. The molecule has 0 amide bonds. The maximum absolute atomic E-state index is 11.5. The number of nitrogens with zero attached hydrogens (tertiary/aromatic N) is 1. The van der Waals surface area contributed by atoms with E-state index in [2.05, 4.69) is 34.7 Å². The minimum Gasteiger partial charge on any atom is -0.497 e. The third-order valence-corrected chi connectivity index (χ3v) is 5.38. The number of ether oxygens (including phenoxy) is 1. The van der Waals surface area contributed by atoms with Crippen LogP contribution in [0.1, 0.15) is 30.4 Å². The Morgan fingerprint density at radius 3 is 2.50 bits per heavy atom. The summed E-state index contributed by atoms with van der Waals surface area (Å²) in [6.07, 6.45) is 0.938. The summed E-state index contributed by atoms with van der Waals surface area (Å²) in [5.74, 6) is 1.90. The van der Waals surface area contributed by atoms with Crippen LogP contribution in [0.4, 0.5) is 0 Å². The Hall–Kier alpha value is -2.58. The number of nitrogens with two attached hydrogens (primary N) is 1. The maximum atomic E-state index is 11.5. The quantitative estimate of drug-likeness (QED) is 0.462. The number of aliphatic imine (C=N–C) groups is 1. The van der Waals surface area contributed by atoms with Crippen LogP contribution in [-0.2, 0) is 16.6 Å². The van der Waals surface area contributed by atoms with Gasteiger partial charge in [-0.1, -0.05) is 31.2 Å². The Morgan fingerprint density at radius 2 is 1.89 bits per heavy atom. The Morgan fingerprint density at radius 1 is 1.18 bits per heavy atom. The van der Waals surface area contributed by atoms with Gasteiger partial charge in [-0.3, -0.25) is 4.99 Å². The molecule has 4 N–H and O–H groups in total. The topological polar surface area (TPSA) is 106 Å². The third-order valence-electron chi connectivity index (χ3n) is 4.47. The lowest BCUT2D eigenvalue weighted by Crippen LogP contribution is -2.37. The Labute approximate surface area is 167 Å². The van der Waals surface area contributed by atoms with Crippen LogP contribution in [0.15, 0.2) is 58.4 Å². The third kappa shape index (κ3) is 6.54. The predicted molar refractivity (Wildman–Crippen MR) is 112 cm³/mol. The fourth-order valence-corrected chi connectivity index (χ4v) is 3.33. The molecule has 0 fully saturated rings. The molecule has 0 aliphatic rings. The van der Waals surface area contributed by atoms with Crippen LogP contribution in [0.25, 0.3) is 0 Å². The Balaban J connectivity index is 1.83. The van der Waals surface area contributed by atoms with E-state index in [4.69, 9.17) is 9.88 Å². The lowest BCUT2D eigenvalue weighted by atomic mass is 9.98. The number of guanidine groups is 1. The molecule has 0 heterocycles. The molecule has 8 heteroatoms. The molecule has 2 aromatic rings. The van der Waals surface area contributed by atoms with Crippen molar-refractivity contribution in [2.75, 3.05) is 20.7 Å². The summed E-state index contributed by atoms with van der Waals surface area (Å²) in [7, 11) is -0.349. The van der Waals surface area contributed by atoms with E-state index in [1.165, 1.54) is 11.6 Å². The highest BCUT2D eigenvalue weighted by Gasteiger charge is 2.09. The lowest BCUT2D eigenvalue weighted by molar-refractivity contribution is 0.414. The molecule has 0 aliphatic heterocycles. The van der Waals surface area contributed by atoms with Crippen molar-refractivity contribution in [2.45, 2.75) is 30.7 Å². The molecular formula is C20H28N4O3S. The molecule has 0 aromatic heterocycles. The number of hydrogen-bond acceptors (Lipinski definition) is 4. The summed E-state index contributed by atoms with van der Waals surface area (Å²) in [5.41, 5.74) is 2.06. The average Bonchev–Trinajstić information content (AvgIpc) is 2.70. The highest BCUT2D eigenvalue weighted by molar-refractivity contribution is 7.89. The van der Waals surface area contributed by atoms with Gasteiger partial charge in [0.2, 0.25) is 10.0 Å². The van der Waals surface area contributed by atoms with Gasteiger partial charge >= 0.3 is 0 Å². The molecule has 0 bridgehead atoms. The summed E-state index contributed by atoms with van der Waals surface area (Å²) in [6.45, 7) is 3.37. The number of nitrogens with one attached hydrogen (secondary N) is 2. The summed E-state index contributed by atoms with van der Waals surface area (Å²) in [4.78, 5) is 4.30. The van der Waals surface area contributed by atoms with E-state index < -0.39 is 10.0 Å². The van der Waals surface area contributed by atoms with Crippen molar-refractivity contribution in [1.29, 1.82) is 0 Å². The molecule has 0 saturated carbocycles. The highest BCUT2D eigenvalue weighted by atomic mass is 32.2. The van der Waals surface area contributed by atoms with Crippen LogP contribution in [0.2, 0.25) is 0 Å². The van der Waals surface area contributed by atoms with Crippen molar-refractivity contribution in [3.63, 3.8) is 0 Å². The van der Waals surface area contributed by atoms with Crippen LogP contribution in [0, 0.1) is 0 Å². The standard InChI is InChI=1S/C20H28N4O3S/c1-15(17-7-9-18(27-3)10-8-17)11-12-23-20(22-2)24-14-16-5-4-6-19(13-16)28(21,25)26/h4-10,13,15H,11-12,14H2,1-3H3,(H2,21,25,26)(H2,22,23,24). The van der Waals surface area contributed by atoms with Crippen LogP contribution < -0.4 is 20.5 Å². The zero-order valence-electron chi connectivity index (χ0n) is 16.5. The second-order valence-electron chi connectivity index (χ2n) is 6.51. The van der Waals surface area contributed by atoms with Crippen molar-refractivity contribution in [3.8, 4) is 5.75 Å².